The number of hydrogen-bond donors (Lipinski definition) is 0. The van der Waals surface area contributed by atoms with Crippen molar-refractivity contribution in [1.82, 2.24) is 4.98 Å². The van der Waals surface area contributed by atoms with Crippen molar-refractivity contribution in [1.29, 1.82) is 0 Å². The monoisotopic (exact) mass is 177 g/mol. The van der Waals surface area contributed by atoms with E-state index in [4.69, 9.17) is 8.22 Å². The second kappa shape index (κ2) is 2.27. The van der Waals surface area contributed by atoms with E-state index in [1.807, 2.05) is 0 Å². The maximum Gasteiger partial charge on any atom is 0.108 e. The molecule has 0 saturated heterocycles. The van der Waals surface area contributed by atoms with Crippen LogP contribution in [0, 0.1) is 6.85 Å². The van der Waals surface area contributed by atoms with Crippen molar-refractivity contribution in [3.63, 3.8) is 0 Å². The minimum absolute atomic E-state index is 0.0662. The van der Waals surface area contributed by atoms with Crippen molar-refractivity contribution in [3.8, 4) is 0 Å². The Hall–Kier alpha value is -0.370. The Kier molecular flexibility index (Phi) is 0.511. The van der Waals surface area contributed by atoms with Crippen LogP contribution in [0.15, 0.2) is 22.9 Å². The van der Waals surface area contributed by atoms with Gasteiger partial charge in [0.25, 0.3) is 0 Å². The van der Waals surface area contributed by atoms with E-state index in [0.29, 0.717) is 0 Å². The van der Waals surface area contributed by atoms with E-state index >= 15 is 0 Å². The SMILES string of the molecule is [2H]c1nc(Br)c(C([2H])([2H])[2H])c([2H])c1[2H]. The molecule has 0 amide bonds. The largest absolute Gasteiger partial charge is 0.249 e. The van der Waals surface area contributed by atoms with Crippen molar-refractivity contribution in [2.45, 2.75) is 6.85 Å². The number of aromatic nitrogens is 1. The summed E-state index contributed by atoms with van der Waals surface area (Å²) in [5.41, 5.74) is -0.321. The molecule has 0 aromatic carbocycles. The lowest BCUT2D eigenvalue weighted by atomic mass is 10.3. The molecule has 0 unspecified atom stereocenters. The van der Waals surface area contributed by atoms with Crippen molar-refractivity contribution in [2.24, 2.45) is 0 Å². The van der Waals surface area contributed by atoms with Gasteiger partial charge in [-0.1, -0.05) is 6.04 Å². The first-order chi connectivity index (χ1) is 6.25. The molecule has 0 aliphatic rings. The van der Waals surface area contributed by atoms with Gasteiger partial charge < -0.3 is 0 Å². The molecule has 1 heterocycles. The second-order valence-electron chi connectivity index (χ2n) is 1.14. The zero-order valence-corrected chi connectivity index (χ0v) is 5.41. The highest BCUT2D eigenvalue weighted by molar-refractivity contribution is 9.10. The highest BCUT2D eigenvalue weighted by atomic mass is 79.9. The first kappa shape index (κ1) is 1.81. The molecule has 0 N–H and O–H groups in total. The normalized spacial score (nSPS) is 21.6. The van der Waals surface area contributed by atoms with Crippen LogP contribution in [-0.4, -0.2) is 4.98 Å². The van der Waals surface area contributed by atoms with E-state index in [1.54, 1.807) is 0 Å². The molecule has 0 aliphatic heterocycles. The summed E-state index contributed by atoms with van der Waals surface area (Å²) in [7, 11) is 0. The molecule has 0 fully saturated rings. The molecular weight excluding hydrogens is 166 g/mol. The predicted molar refractivity (Wildman–Crippen MR) is 36.7 cm³/mol. The van der Waals surface area contributed by atoms with Crippen molar-refractivity contribution in [2.75, 3.05) is 0 Å². The third-order valence-corrected chi connectivity index (χ3v) is 1.18. The maximum absolute atomic E-state index is 7.40. The van der Waals surface area contributed by atoms with E-state index in [2.05, 4.69) is 20.9 Å². The molecule has 42 valence electrons. The molecule has 0 atom stereocenters. The molecule has 1 aromatic heterocycles. The van der Waals surface area contributed by atoms with E-state index in [0.717, 1.165) is 0 Å². The summed E-state index contributed by atoms with van der Waals surface area (Å²) in [4.78, 5) is 3.52. The number of nitrogens with zero attached hydrogens (tertiary/aromatic N) is 1. The zero-order valence-electron chi connectivity index (χ0n) is 9.83. The minimum atomic E-state index is -2.49. The van der Waals surface area contributed by atoms with E-state index in [-0.39, 0.29) is 10.2 Å². The molecule has 1 rings (SSSR count). The zero-order chi connectivity index (χ0) is 11.1. The standard InChI is InChI=1S/C6H6BrN/c1-5-3-2-4-8-6(5)7/h2-4H,1H3/i1D3,2D,3D,4D. The Morgan fingerprint density at radius 2 is 2.88 bits per heavy atom. The lowest BCUT2D eigenvalue weighted by molar-refractivity contribution is 1.22. The number of rotatable bonds is 0. The Morgan fingerprint density at radius 3 is 3.62 bits per heavy atom. The Balaban J connectivity index is 3.53. The lowest BCUT2D eigenvalue weighted by Gasteiger charge is -1.90. The third kappa shape index (κ3) is 1.07. The first-order valence-corrected chi connectivity index (χ1v) is 2.68. The topological polar surface area (TPSA) is 12.9 Å². The summed E-state index contributed by atoms with van der Waals surface area (Å²) < 4.78 is 43.1. The van der Waals surface area contributed by atoms with Crippen LogP contribution in [-0.2, 0) is 0 Å². The maximum atomic E-state index is 7.40. The summed E-state index contributed by atoms with van der Waals surface area (Å²) in [6.45, 7) is -2.49. The average Bonchev–Trinajstić information content (AvgIpc) is 1.97. The summed E-state index contributed by atoms with van der Waals surface area (Å²) >= 11 is 2.87. The third-order valence-electron chi connectivity index (χ3n) is 0.604. The van der Waals surface area contributed by atoms with Crippen LogP contribution in [0.5, 0.6) is 0 Å². The molecule has 0 aliphatic carbocycles. The number of halogens is 1. The molecule has 0 radical (unpaired) electrons. The van der Waals surface area contributed by atoms with Crippen molar-refractivity contribution < 1.29 is 8.22 Å². The van der Waals surface area contributed by atoms with Crippen LogP contribution in [0.1, 0.15) is 13.8 Å². The Bertz CT molecular complexity index is 374. The van der Waals surface area contributed by atoms with Crippen LogP contribution in [0.2, 0.25) is 0 Å². The summed E-state index contributed by atoms with van der Waals surface area (Å²) in [5.74, 6) is 0. The molecule has 2 heteroatoms. The summed E-state index contributed by atoms with van der Waals surface area (Å²) in [6.07, 6.45) is -0.408. The van der Waals surface area contributed by atoms with Crippen LogP contribution < -0.4 is 0 Å². The van der Waals surface area contributed by atoms with Gasteiger partial charge in [-0.05, 0) is 34.4 Å². The van der Waals surface area contributed by atoms with E-state index in [9.17, 15) is 0 Å². The van der Waals surface area contributed by atoms with E-state index in [1.165, 1.54) is 0 Å². The molecular formula is C6H6BrN. The van der Waals surface area contributed by atoms with Gasteiger partial charge in [-0.25, -0.2) is 4.98 Å². The van der Waals surface area contributed by atoms with Gasteiger partial charge in [0.15, 0.2) is 0 Å². The molecule has 0 saturated carbocycles. The van der Waals surface area contributed by atoms with E-state index < -0.39 is 25.1 Å². The van der Waals surface area contributed by atoms with Crippen molar-refractivity contribution >= 4 is 15.9 Å². The van der Waals surface area contributed by atoms with Gasteiger partial charge in [0.05, 0.1) is 4.11 Å². The fourth-order valence-corrected chi connectivity index (χ4v) is 0.463. The van der Waals surface area contributed by atoms with Gasteiger partial charge in [-0.3, -0.25) is 0 Å². The van der Waals surface area contributed by atoms with Gasteiger partial charge in [0, 0.05) is 10.3 Å². The summed E-state index contributed by atoms with van der Waals surface area (Å²) in [5, 5.41) is 0. The molecule has 1 nitrogen and oxygen atoms in total. The van der Waals surface area contributed by atoms with Crippen LogP contribution in [0.4, 0.5) is 0 Å². The fourth-order valence-electron chi connectivity index (χ4n) is 0.275. The lowest BCUT2D eigenvalue weighted by Crippen LogP contribution is -1.76. The van der Waals surface area contributed by atoms with Gasteiger partial charge in [0.1, 0.15) is 4.60 Å². The number of pyridine rings is 1. The smallest absolute Gasteiger partial charge is 0.108 e. The van der Waals surface area contributed by atoms with Crippen molar-refractivity contribution in [3.05, 3.63) is 28.4 Å². The summed E-state index contributed by atoms with van der Waals surface area (Å²) in [6, 6.07) is -0.948. The Labute approximate surface area is 65.3 Å². The molecule has 0 spiro atoms. The molecule has 0 bridgehead atoms. The first-order valence-electron chi connectivity index (χ1n) is 4.89. The molecule has 1 aromatic rings. The van der Waals surface area contributed by atoms with Gasteiger partial charge in [0.2, 0.25) is 0 Å². The Morgan fingerprint density at radius 1 is 2.00 bits per heavy atom. The minimum Gasteiger partial charge on any atom is -0.249 e. The fraction of sp³-hybridized carbons (Fsp3) is 0.167. The average molecular weight is 178 g/mol. The van der Waals surface area contributed by atoms with Crippen LogP contribution in [0.3, 0.4) is 0 Å². The van der Waals surface area contributed by atoms with Gasteiger partial charge in [-0.15, -0.1) is 0 Å². The van der Waals surface area contributed by atoms with Gasteiger partial charge in [-0.2, -0.15) is 0 Å². The van der Waals surface area contributed by atoms with Crippen LogP contribution >= 0.6 is 15.9 Å². The highest BCUT2D eigenvalue weighted by Crippen LogP contribution is 2.09. The highest BCUT2D eigenvalue weighted by Gasteiger charge is 1.87. The molecule has 8 heavy (non-hydrogen) atoms. The number of hydrogen-bond acceptors (Lipinski definition) is 1. The van der Waals surface area contributed by atoms with Gasteiger partial charge >= 0.3 is 0 Å². The second-order valence-corrected chi connectivity index (χ2v) is 1.89. The predicted octanol–water partition coefficient (Wildman–Crippen LogP) is 2.15. The van der Waals surface area contributed by atoms with Crippen LogP contribution in [0.25, 0.3) is 0 Å². The quantitative estimate of drug-likeness (QED) is 0.554.